The first kappa shape index (κ1) is 21.7. The van der Waals surface area contributed by atoms with Gasteiger partial charge < -0.3 is 10.2 Å². The molecule has 32 heavy (non-hydrogen) atoms. The maximum Gasteiger partial charge on any atom is 0.253 e. The van der Waals surface area contributed by atoms with Gasteiger partial charge in [0, 0.05) is 30.8 Å². The van der Waals surface area contributed by atoms with Crippen LogP contribution in [0.1, 0.15) is 46.1 Å². The van der Waals surface area contributed by atoms with E-state index in [2.05, 4.69) is 10.3 Å². The van der Waals surface area contributed by atoms with Gasteiger partial charge in [0.1, 0.15) is 5.82 Å². The molecule has 1 fully saturated rings. The maximum atomic E-state index is 13.4. The summed E-state index contributed by atoms with van der Waals surface area (Å²) in [7, 11) is 0. The highest BCUT2D eigenvalue weighted by Crippen LogP contribution is 2.24. The third-order valence-electron chi connectivity index (χ3n) is 5.92. The second kappa shape index (κ2) is 9.73. The van der Waals surface area contributed by atoms with Gasteiger partial charge >= 0.3 is 0 Å². The lowest BCUT2D eigenvalue weighted by atomic mass is 9.94. The van der Waals surface area contributed by atoms with Crippen LogP contribution in [-0.4, -0.2) is 34.8 Å². The van der Waals surface area contributed by atoms with Crippen LogP contribution in [-0.2, 0) is 4.79 Å². The lowest BCUT2D eigenvalue weighted by molar-refractivity contribution is -0.126. The number of nitrogens with one attached hydrogen (secondary N) is 1. The van der Waals surface area contributed by atoms with Crippen molar-refractivity contribution in [2.24, 2.45) is 5.92 Å². The molecule has 6 heteroatoms. The molecule has 0 spiro atoms. The van der Waals surface area contributed by atoms with Gasteiger partial charge in [-0.25, -0.2) is 4.39 Å². The predicted octanol–water partition coefficient (Wildman–Crippen LogP) is 4.29. The monoisotopic (exact) mass is 431 g/mol. The van der Waals surface area contributed by atoms with Crippen molar-refractivity contribution >= 4 is 11.8 Å². The van der Waals surface area contributed by atoms with Crippen LogP contribution >= 0.6 is 0 Å². The van der Waals surface area contributed by atoms with E-state index in [0.29, 0.717) is 37.2 Å². The van der Waals surface area contributed by atoms with Gasteiger partial charge in [-0.1, -0.05) is 35.9 Å². The number of amides is 2. The third kappa shape index (κ3) is 5.02. The summed E-state index contributed by atoms with van der Waals surface area (Å²) in [5.41, 5.74) is 3.25. The van der Waals surface area contributed by atoms with Crippen molar-refractivity contribution in [3.05, 3.63) is 101 Å². The first-order valence-corrected chi connectivity index (χ1v) is 10.8. The number of aromatic nitrogens is 1. The molecule has 2 heterocycles. The summed E-state index contributed by atoms with van der Waals surface area (Å²) >= 11 is 0. The summed E-state index contributed by atoms with van der Waals surface area (Å²) in [5, 5.41) is 3.09. The van der Waals surface area contributed by atoms with Crippen molar-refractivity contribution < 1.29 is 14.0 Å². The Bertz CT molecular complexity index is 1060. The largest absolute Gasteiger partial charge is 0.343 e. The molecule has 0 aliphatic carbocycles. The first-order valence-electron chi connectivity index (χ1n) is 10.8. The van der Waals surface area contributed by atoms with E-state index in [4.69, 9.17) is 0 Å². The average molecular weight is 432 g/mol. The van der Waals surface area contributed by atoms with Gasteiger partial charge in [-0.3, -0.25) is 14.6 Å². The fourth-order valence-corrected chi connectivity index (χ4v) is 4.01. The van der Waals surface area contributed by atoms with Crippen LogP contribution in [0.15, 0.2) is 72.9 Å². The molecular weight excluding hydrogens is 405 g/mol. The van der Waals surface area contributed by atoms with E-state index in [1.54, 1.807) is 18.3 Å². The van der Waals surface area contributed by atoms with E-state index in [9.17, 15) is 14.0 Å². The van der Waals surface area contributed by atoms with Crippen molar-refractivity contribution in [1.82, 2.24) is 15.2 Å². The number of carbonyl (C=O) groups is 2. The van der Waals surface area contributed by atoms with Crippen LogP contribution in [0, 0.1) is 18.7 Å². The van der Waals surface area contributed by atoms with E-state index >= 15 is 0 Å². The Morgan fingerprint density at radius 1 is 1.00 bits per heavy atom. The first-order chi connectivity index (χ1) is 15.5. The molecule has 1 aromatic heterocycles. The Labute approximate surface area is 187 Å². The van der Waals surface area contributed by atoms with Gasteiger partial charge in [-0.2, -0.15) is 0 Å². The fourth-order valence-electron chi connectivity index (χ4n) is 4.01. The summed E-state index contributed by atoms with van der Waals surface area (Å²) in [6.45, 7) is 3.06. The van der Waals surface area contributed by atoms with Gasteiger partial charge in [0.25, 0.3) is 5.91 Å². The molecule has 1 atom stereocenters. The number of pyridine rings is 1. The van der Waals surface area contributed by atoms with Crippen molar-refractivity contribution in [1.29, 1.82) is 0 Å². The second-order valence-corrected chi connectivity index (χ2v) is 8.18. The van der Waals surface area contributed by atoms with Crippen LogP contribution in [0.25, 0.3) is 0 Å². The van der Waals surface area contributed by atoms with Crippen molar-refractivity contribution in [2.75, 3.05) is 13.1 Å². The molecular formula is C26H26FN3O2. The Kier molecular flexibility index (Phi) is 6.59. The Morgan fingerprint density at radius 3 is 2.31 bits per heavy atom. The van der Waals surface area contributed by atoms with Crippen LogP contribution in [0.3, 0.4) is 0 Å². The zero-order valence-corrected chi connectivity index (χ0v) is 18.0. The number of benzene rings is 2. The number of rotatable bonds is 5. The smallest absolute Gasteiger partial charge is 0.253 e. The minimum atomic E-state index is -0.462. The average Bonchev–Trinajstić information content (AvgIpc) is 2.84. The highest BCUT2D eigenvalue weighted by Gasteiger charge is 2.29. The SMILES string of the molecule is Cc1ccc(C(=O)N2CCC(C(=O)NC(c3ccc(F)cc3)c3ccccn3)CC2)cc1. The second-order valence-electron chi connectivity index (χ2n) is 8.18. The van der Waals surface area contributed by atoms with E-state index in [0.717, 1.165) is 11.1 Å². The molecule has 0 saturated carbocycles. The molecule has 5 nitrogen and oxygen atoms in total. The zero-order valence-electron chi connectivity index (χ0n) is 18.0. The van der Waals surface area contributed by atoms with E-state index in [1.807, 2.05) is 54.3 Å². The lowest BCUT2D eigenvalue weighted by Gasteiger charge is -2.32. The number of nitrogens with zero attached hydrogens (tertiary/aromatic N) is 2. The Morgan fingerprint density at radius 2 is 1.69 bits per heavy atom. The van der Waals surface area contributed by atoms with Crippen molar-refractivity contribution in [3.8, 4) is 0 Å². The topological polar surface area (TPSA) is 62.3 Å². The molecule has 1 aliphatic heterocycles. The normalized spacial score (nSPS) is 15.2. The quantitative estimate of drug-likeness (QED) is 0.656. The van der Waals surface area contributed by atoms with Crippen LogP contribution in [0.2, 0.25) is 0 Å². The van der Waals surface area contributed by atoms with Crippen molar-refractivity contribution in [2.45, 2.75) is 25.8 Å². The molecule has 2 aromatic carbocycles. The van der Waals surface area contributed by atoms with Crippen LogP contribution < -0.4 is 5.32 Å². The minimum absolute atomic E-state index is 0.00142. The number of likely N-dealkylation sites (tertiary alicyclic amines) is 1. The predicted molar refractivity (Wildman–Crippen MR) is 120 cm³/mol. The molecule has 1 N–H and O–H groups in total. The molecule has 4 rings (SSSR count). The summed E-state index contributed by atoms with van der Waals surface area (Å²) in [6, 6.07) is 18.7. The van der Waals surface area contributed by atoms with Crippen LogP contribution in [0.4, 0.5) is 4.39 Å². The highest BCUT2D eigenvalue weighted by molar-refractivity contribution is 5.94. The fraction of sp³-hybridized carbons (Fsp3) is 0.269. The molecule has 1 saturated heterocycles. The van der Waals surface area contributed by atoms with Crippen molar-refractivity contribution in [3.63, 3.8) is 0 Å². The maximum absolute atomic E-state index is 13.4. The zero-order chi connectivity index (χ0) is 22.5. The van der Waals surface area contributed by atoms with Gasteiger partial charge in [0.15, 0.2) is 0 Å². The summed E-state index contributed by atoms with van der Waals surface area (Å²) in [5.74, 6) is -0.594. The standard InChI is InChI=1S/C26H26FN3O2/c1-18-5-7-21(8-6-18)26(32)30-16-13-20(14-17-30)25(31)29-24(23-4-2-3-15-28-23)19-9-11-22(27)12-10-19/h2-12,15,20,24H,13-14,16-17H2,1H3,(H,29,31). The molecule has 164 valence electrons. The lowest BCUT2D eigenvalue weighted by Crippen LogP contribution is -2.44. The Hall–Kier alpha value is -3.54. The van der Waals surface area contributed by atoms with E-state index in [-0.39, 0.29) is 23.5 Å². The molecule has 0 radical (unpaired) electrons. The summed E-state index contributed by atoms with van der Waals surface area (Å²) in [4.78, 5) is 32.0. The minimum Gasteiger partial charge on any atom is -0.343 e. The highest BCUT2D eigenvalue weighted by atomic mass is 19.1. The number of piperidine rings is 1. The van der Waals surface area contributed by atoms with Gasteiger partial charge in [0.05, 0.1) is 11.7 Å². The number of carbonyl (C=O) groups excluding carboxylic acids is 2. The summed E-state index contributed by atoms with van der Waals surface area (Å²) in [6.07, 6.45) is 2.87. The molecule has 3 aromatic rings. The molecule has 0 bridgehead atoms. The number of halogens is 1. The number of aryl methyl sites for hydroxylation is 1. The molecule has 2 amide bonds. The Balaban J connectivity index is 1.42. The van der Waals surface area contributed by atoms with Gasteiger partial charge in [0.2, 0.25) is 5.91 Å². The number of hydrogen-bond acceptors (Lipinski definition) is 3. The third-order valence-corrected chi connectivity index (χ3v) is 5.92. The van der Waals surface area contributed by atoms with Gasteiger partial charge in [-0.15, -0.1) is 0 Å². The number of hydrogen-bond donors (Lipinski definition) is 1. The van der Waals surface area contributed by atoms with Crippen LogP contribution in [0.5, 0.6) is 0 Å². The van der Waals surface area contributed by atoms with E-state index < -0.39 is 6.04 Å². The molecule has 1 unspecified atom stereocenters. The van der Waals surface area contributed by atoms with Gasteiger partial charge in [-0.05, 0) is 61.7 Å². The summed E-state index contributed by atoms with van der Waals surface area (Å²) < 4.78 is 13.4. The molecule has 1 aliphatic rings. The van der Waals surface area contributed by atoms with E-state index in [1.165, 1.54) is 12.1 Å².